The number of methoxy groups -OCH3 is 1. The lowest BCUT2D eigenvalue weighted by Crippen LogP contribution is -2.45. The van der Waals surface area contributed by atoms with E-state index < -0.39 is 0 Å². The minimum atomic E-state index is -0.179. The standard InChI is InChI=1S/C13H19NO/c1-12(2,14)13(8-9-13)10-6-4-5-7-11(10)15-3/h4-7H,8-9,14H2,1-3H3. The number of ether oxygens (including phenoxy) is 1. The van der Waals surface area contributed by atoms with Gasteiger partial charge in [0.1, 0.15) is 5.75 Å². The van der Waals surface area contributed by atoms with Gasteiger partial charge in [-0.05, 0) is 32.8 Å². The van der Waals surface area contributed by atoms with Crippen LogP contribution in [0.1, 0.15) is 32.3 Å². The van der Waals surface area contributed by atoms with Gasteiger partial charge < -0.3 is 10.5 Å². The monoisotopic (exact) mass is 205 g/mol. The van der Waals surface area contributed by atoms with E-state index in [1.54, 1.807) is 7.11 Å². The summed E-state index contributed by atoms with van der Waals surface area (Å²) >= 11 is 0. The lowest BCUT2D eigenvalue weighted by Gasteiger charge is -2.32. The molecule has 0 atom stereocenters. The maximum atomic E-state index is 6.28. The third-order valence-electron chi connectivity index (χ3n) is 3.61. The zero-order valence-electron chi connectivity index (χ0n) is 9.71. The average molecular weight is 205 g/mol. The Balaban J connectivity index is 2.46. The summed E-state index contributed by atoms with van der Waals surface area (Å²) in [6.45, 7) is 4.21. The molecule has 2 N–H and O–H groups in total. The topological polar surface area (TPSA) is 35.2 Å². The van der Waals surface area contributed by atoms with Crippen LogP contribution in [0.3, 0.4) is 0 Å². The minimum absolute atomic E-state index is 0.125. The number of hydrogen-bond donors (Lipinski definition) is 1. The molecular weight excluding hydrogens is 186 g/mol. The Morgan fingerprint density at radius 3 is 2.33 bits per heavy atom. The predicted molar refractivity (Wildman–Crippen MR) is 62.2 cm³/mol. The highest BCUT2D eigenvalue weighted by Crippen LogP contribution is 2.56. The fourth-order valence-electron chi connectivity index (χ4n) is 2.43. The molecule has 0 heterocycles. The molecule has 1 saturated carbocycles. The lowest BCUT2D eigenvalue weighted by atomic mass is 9.79. The number of nitrogens with two attached hydrogens (primary N) is 1. The first-order chi connectivity index (χ1) is 7.01. The molecule has 0 aliphatic heterocycles. The quantitative estimate of drug-likeness (QED) is 0.822. The predicted octanol–water partition coefficient (Wildman–Crippen LogP) is 2.46. The first-order valence-corrected chi connectivity index (χ1v) is 5.44. The van der Waals surface area contributed by atoms with Crippen molar-refractivity contribution < 1.29 is 4.74 Å². The SMILES string of the molecule is COc1ccccc1C1(C(C)(C)N)CC1. The summed E-state index contributed by atoms with van der Waals surface area (Å²) in [5, 5.41) is 0. The number of benzene rings is 1. The first kappa shape index (κ1) is 10.5. The van der Waals surface area contributed by atoms with Crippen molar-refractivity contribution in [1.82, 2.24) is 0 Å². The van der Waals surface area contributed by atoms with E-state index in [2.05, 4.69) is 26.0 Å². The van der Waals surface area contributed by atoms with Crippen LogP contribution in [-0.4, -0.2) is 12.6 Å². The Hall–Kier alpha value is -1.02. The molecule has 2 heteroatoms. The van der Waals surface area contributed by atoms with Gasteiger partial charge in [-0.2, -0.15) is 0 Å². The molecule has 0 unspecified atom stereocenters. The zero-order valence-corrected chi connectivity index (χ0v) is 9.71. The summed E-state index contributed by atoms with van der Waals surface area (Å²) in [4.78, 5) is 0. The Bertz CT molecular complexity index is 361. The summed E-state index contributed by atoms with van der Waals surface area (Å²) in [5.41, 5.74) is 7.49. The maximum absolute atomic E-state index is 6.28. The summed E-state index contributed by atoms with van der Waals surface area (Å²) in [6.07, 6.45) is 2.33. The third-order valence-corrected chi connectivity index (χ3v) is 3.61. The highest BCUT2D eigenvalue weighted by molar-refractivity contribution is 5.46. The van der Waals surface area contributed by atoms with Gasteiger partial charge in [0.2, 0.25) is 0 Å². The van der Waals surface area contributed by atoms with Gasteiger partial charge in [0.05, 0.1) is 7.11 Å². The highest BCUT2D eigenvalue weighted by Gasteiger charge is 2.54. The van der Waals surface area contributed by atoms with E-state index in [4.69, 9.17) is 10.5 Å². The molecule has 2 rings (SSSR count). The van der Waals surface area contributed by atoms with Crippen molar-refractivity contribution in [1.29, 1.82) is 0 Å². The molecule has 0 saturated heterocycles. The Kier molecular flexibility index (Phi) is 2.27. The number of para-hydroxylation sites is 1. The Labute approximate surface area is 91.4 Å². The second-order valence-electron chi connectivity index (χ2n) is 5.00. The fourth-order valence-corrected chi connectivity index (χ4v) is 2.43. The molecule has 1 aliphatic carbocycles. The van der Waals surface area contributed by atoms with E-state index in [0.717, 1.165) is 18.6 Å². The van der Waals surface area contributed by atoms with E-state index in [1.807, 2.05) is 12.1 Å². The second kappa shape index (κ2) is 3.24. The molecular formula is C13H19NO. The van der Waals surface area contributed by atoms with Gasteiger partial charge in [-0.25, -0.2) is 0 Å². The van der Waals surface area contributed by atoms with Crippen molar-refractivity contribution in [3.05, 3.63) is 29.8 Å². The third kappa shape index (κ3) is 1.53. The van der Waals surface area contributed by atoms with Crippen molar-refractivity contribution in [2.24, 2.45) is 5.73 Å². The van der Waals surface area contributed by atoms with Crippen LogP contribution in [0.2, 0.25) is 0 Å². The van der Waals surface area contributed by atoms with E-state index in [9.17, 15) is 0 Å². The normalized spacial score (nSPS) is 18.7. The summed E-state index contributed by atoms with van der Waals surface area (Å²) < 4.78 is 5.41. The molecule has 1 aliphatic rings. The number of rotatable bonds is 3. The van der Waals surface area contributed by atoms with Crippen LogP contribution in [0.4, 0.5) is 0 Å². The summed E-state index contributed by atoms with van der Waals surface area (Å²) in [6, 6.07) is 8.22. The molecule has 2 nitrogen and oxygen atoms in total. The van der Waals surface area contributed by atoms with Crippen molar-refractivity contribution >= 4 is 0 Å². The van der Waals surface area contributed by atoms with Gasteiger partial charge in [-0.3, -0.25) is 0 Å². The first-order valence-electron chi connectivity index (χ1n) is 5.44. The highest BCUT2D eigenvalue weighted by atomic mass is 16.5. The molecule has 0 spiro atoms. The molecule has 0 radical (unpaired) electrons. The fraction of sp³-hybridized carbons (Fsp3) is 0.538. The molecule has 0 bridgehead atoms. The van der Waals surface area contributed by atoms with Gasteiger partial charge in [0, 0.05) is 16.5 Å². The van der Waals surface area contributed by atoms with Crippen molar-refractivity contribution in [2.75, 3.05) is 7.11 Å². The van der Waals surface area contributed by atoms with E-state index in [0.29, 0.717) is 0 Å². The molecule has 1 aromatic rings. The van der Waals surface area contributed by atoms with Crippen molar-refractivity contribution in [3.63, 3.8) is 0 Å². The molecule has 0 amide bonds. The van der Waals surface area contributed by atoms with Crippen LogP contribution in [0.25, 0.3) is 0 Å². The largest absolute Gasteiger partial charge is 0.496 e. The molecule has 1 aromatic carbocycles. The summed E-state index contributed by atoms with van der Waals surface area (Å²) in [5.74, 6) is 0.966. The van der Waals surface area contributed by atoms with Gasteiger partial charge in [-0.1, -0.05) is 18.2 Å². The second-order valence-corrected chi connectivity index (χ2v) is 5.00. The van der Waals surface area contributed by atoms with Crippen LogP contribution >= 0.6 is 0 Å². The van der Waals surface area contributed by atoms with Crippen LogP contribution in [0.15, 0.2) is 24.3 Å². The number of hydrogen-bond acceptors (Lipinski definition) is 2. The van der Waals surface area contributed by atoms with Crippen LogP contribution < -0.4 is 10.5 Å². The van der Waals surface area contributed by atoms with Gasteiger partial charge in [0.25, 0.3) is 0 Å². The Morgan fingerprint density at radius 2 is 1.87 bits per heavy atom. The molecule has 0 aromatic heterocycles. The van der Waals surface area contributed by atoms with Gasteiger partial charge in [0.15, 0.2) is 0 Å². The van der Waals surface area contributed by atoms with E-state index in [1.165, 1.54) is 5.56 Å². The van der Waals surface area contributed by atoms with Gasteiger partial charge >= 0.3 is 0 Å². The molecule has 1 fully saturated rings. The van der Waals surface area contributed by atoms with Crippen molar-refractivity contribution in [2.45, 2.75) is 37.6 Å². The summed E-state index contributed by atoms with van der Waals surface area (Å²) in [7, 11) is 1.72. The van der Waals surface area contributed by atoms with Crippen LogP contribution in [-0.2, 0) is 5.41 Å². The maximum Gasteiger partial charge on any atom is 0.122 e. The molecule has 82 valence electrons. The lowest BCUT2D eigenvalue weighted by molar-refractivity contribution is 0.360. The Morgan fingerprint density at radius 1 is 1.27 bits per heavy atom. The minimum Gasteiger partial charge on any atom is -0.496 e. The zero-order chi connectivity index (χ0) is 11.1. The van der Waals surface area contributed by atoms with E-state index >= 15 is 0 Å². The van der Waals surface area contributed by atoms with Crippen molar-refractivity contribution in [3.8, 4) is 5.75 Å². The smallest absolute Gasteiger partial charge is 0.122 e. The van der Waals surface area contributed by atoms with E-state index in [-0.39, 0.29) is 11.0 Å². The van der Waals surface area contributed by atoms with Crippen LogP contribution in [0.5, 0.6) is 5.75 Å². The molecule has 15 heavy (non-hydrogen) atoms. The van der Waals surface area contributed by atoms with Crippen LogP contribution in [0, 0.1) is 0 Å². The van der Waals surface area contributed by atoms with Gasteiger partial charge in [-0.15, -0.1) is 0 Å². The average Bonchev–Trinajstić information content (AvgIpc) is 2.97.